The van der Waals surface area contributed by atoms with E-state index in [1.807, 2.05) is 0 Å². The van der Waals surface area contributed by atoms with Gasteiger partial charge in [-0.2, -0.15) is 0 Å². The Morgan fingerprint density at radius 2 is 1.96 bits per heavy atom. The Labute approximate surface area is 168 Å². The highest BCUT2D eigenvalue weighted by Crippen LogP contribution is 2.32. The first kappa shape index (κ1) is 18.6. The summed E-state index contributed by atoms with van der Waals surface area (Å²) in [5.41, 5.74) is 1.32. The summed E-state index contributed by atoms with van der Waals surface area (Å²) in [7, 11) is 0. The number of amides is 1. The third-order valence-corrected chi connectivity index (χ3v) is 5.49. The Morgan fingerprint density at radius 3 is 2.68 bits per heavy atom. The van der Waals surface area contributed by atoms with Crippen molar-refractivity contribution in [2.75, 3.05) is 5.32 Å². The standard InChI is InChI=1S/C20H13ClF2N2O2S/c21-18-7-6-17(28-18)15-10-16(27-25-15)20(26)24-19-13(8-12(22)9-14(19)23)11-4-2-1-3-5-11/h1-9,16H,10H2,(H,24,26)/t16-/m0/s1. The number of hydrogen-bond donors (Lipinski definition) is 1. The molecule has 2 heterocycles. The van der Waals surface area contributed by atoms with Crippen LogP contribution in [0.15, 0.2) is 59.8 Å². The number of nitrogens with one attached hydrogen (secondary N) is 1. The summed E-state index contributed by atoms with van der Waals surface area (Å²) in [6.07, 6.45) is -0.685. The molecule has 0 saturated heterocycles. The Morgan fingerprint density at radius 1 is 1.18 bits per heavy atom. The Hall–Kier alpha value is -2.77. The zero-order valence-corrected chi connectivity index (χ0v) is 15.9. The van der Waals surface area contributed by atoms with Gasteiger partial charge in [-0.25, -0.2) is 8.78 Å². The fraction of sp³-hybridized carbons (Fsp3) is 0.100. The van der Waals surface area contributed by atoms with Crippen LogP contribution >= 0.6 is 22.9 Å². The lowest BCUT2D eigenvalue weighted by Gasteiger charge is -2.15. The minimum absolute atomic E-state index is 0.103. The molecule has 1 amide bonds. The van der Waals surface area contributed by atoms with E-state index in [1.54, 1.807) is 42.5 Å². The molecular formula is C20H13ClF2N2O2S. The molecule has 1 atom stereocenters. The zero-order valence-electron chi connectivity index (χ0n) is 14.3. The van der Waals surface area contributed by atoms with Gasteiger partial charge in [-0.05, 0) is 23.8 Å². The molecule has 0 unspecified atom stereocenters. The van der Waals surface area contributed by atoms with Crippen molar-refractivity contribution in [1.29, 1.82) is 0 Å². The number of hydrogen-bond acceptors (Lipinski definition) is 4. The summed E-state index contributed by atoms with van der Waals surface area (Å²) < 4.78 is 28.8. The summed E-state index contributed by atoms with van der Waals surface area (Å²) in [6, 6.07) is 14.1. The van der Waals surface area contributed by atoms with E-state index in [2.05, 4.69) is 10.5 Å². The average Bonchev–Trinajstić information content (AvgIpc) is 3.33. The van der Waals surface area contributed by atoms with Crippen LogP contribution in [-0.2, 0) is 9.63 Å². The molecule has 1 aromatic heterocycles. The first-order valence-electron chi connectivity index (χ1n) is 8.35. The van der Waals surface area contributed by atoms with Crippen LogP contribution in [0.4, 0.5) is 14.5 Å². The highest BCUT2D eigenvalue weighted by Gasteiger charge is 2.30. The second-order valence-corrected chi connectivity index (χ2v) is 7.82. The Balaban J connectivity index is 1.56. The number of carbonyl (C=O) groups is 1. The van der Waals surface area contributed by atoms with E-state index in [-0.39, 0.29) is 17.7 Å². The quantitative estimate of drug-likeness (QED) is 0.610. The van der Waals surface area contributed by atoms with Gasteiger partial charge in [0.25, 0.3) is 5.91 Å². The number of oxime groups is 1. The van der Waals surface area contributed by atoms with Crippen LogP contribution in [0.5, 0.6) is 0 Å². The SMILES string of the molecule is O=C(Nc1c(F)cc(F)cc1-c1ccccc1)[C@@H]1CC(c2ccc(Cl)s2)=NO1. The smallest absolute Gasteiger partial charge is 0.268 e. The fourth-order valence-corrected chi connectivity index (χ4v) is 3.92. The van der Waals surface area contributed by atoms with Crippen LogP contribution in [-0.4, -0.2) is 17.7 Å². The van der Waals surface area contributed by atoms with Crippen LogP contribution in [0.1, 0.15) is 11.3 Å². The molecule has 142 valence electrons. The highest BCUT2D eigenvalue weighted by atomic mass is 35.5. The summed E-state index contributed by atoms with van der Waals surface area (Å²) in [5, 5.41) is 6.46. The van der Waals surface area contributed by atoms with Gasteiger partial charge in [0.2, 0.25) is 6.10 Å². The van der Waals surface area contributed by atoms with Crippen molar-refractivity contribution < 1.29 is 18.4 Å². The van der Waals surface area contributed by atoms with Crippen molar-refractivity contribution in [2.24, 2.45) is 5.16 Å². The van der Waals surface area contributed by atoms with Crippen molar-refractivity contribution in [1.82, 2.24) is 0 Å². The topological polar surface area (TPSA) is 50.7 Å². The molecule has 0 aliphatic carbocycles. The number of rotatable bonds is 4. The van der Waals surface area contributed by atoms with Crippen molar-refractivity contribution in [2.45, 2.75) is 12.5 Å². The third kappa shape index (κ3) is 3.76. The van der Waals surface area contributed by atoms with Crippen LogP contribution in [0, 0.1) is 11.6 Å². The largest absolute Gasteiger partial charge is 0.382 e. The number of halogens is 3. The maximum atomic E-state index is 14.5. The van der Waals surface area contributed by atoms with Crippen LogP contribution in [0.25, 0.3) is 11.1 Å². The first-order chi connectivity index (χ1) is 13.5. The molecule has 2 aromatic carbocycles. The number of thiophene rings is 1. The Kier molecular flexibility index (Phi) is 5.11. The highest BCUT2D eigenvalue weighted by molar-refractivity contribution is 7.18. The summed E-state index contributed by atoms with van der Waals surface area (Å²) in [6.45, 7) is 0. The van der Waals surface area contributed by atoms with E-state index in [0.29, 0.717) is 15.6 Å². The molecule has 0 saturated carbocycles. The van der Waals surface area contributed by atoms with E-state index in [4.69, 9.17) is 16.4 Å². The van der Waals surface area contributed by atoms with Gasteiger partial charge in [0, 0.05) is 18.1 Å². The molecule has 4 rings (SSSR count). The van der Waals surface area contributed by atoms with Crippen LogP contribution in [0.2, 0.25) is 4.34 Å². The van der Waals surface area contributed by atoms with Gasteiger partial charge in [-0.1, -0.05) is 47.1 Å². The van der Waals surface area contributed by atoms with Crippen molar-refractivity contribution in [3.8, 4) is 11.1 Å². The number of nitrogens with zero attached hydrogens (tertiary/aromatic N) is 1. The van der Waals surface area contributed by atoms with Gasteiger partial charge in [-0.3, -0.25) is 4.79 Å². The average molecular weight is 419 g/mol. The number of anilines is 1. The van der Waals surface area contributed by atoms with Gasteiger partial charge in [-0.15, -0.1) is 11.3 Å². The molecule has 0 fully saturated rings. The minimum atomic E-state index is -0.913. The van der Waals surface area contributed by atoms with Crippen LogP contribution in [0.3, 0.4) is 0 Å². The predicted molar refractivity (Wildman–Crippen MR) is 106 cm³/mol. The summed E-state index contributed by atoms with van der Waals surface area (Å²) >= 11 is 7.25. The normalized spacial score (nSPS) is 15.8. The molecule has 1 aliphatic heterocycles. The Bertz CT molecular complexity index is 1070. The molecule has 1 aliphatic rings. The van der Waals surface area contributed by atoms with Gasteiger partial charge in [0.15, 0.2) is 0 Å². The molecular weight excluding hydrogens is 406 g/mol. The lowest BCUT2D eigenvalue weighted by Crippen LogP contribution is -2.28. The predicted octanol–water partition coefficient (Wildman–Crippen LogP) is 5.48. The van der Waals surface area contributed by atoms with Crippen molar-refractivity contribution in [3.63, 3.8) is 0 Å². The maximum Gasteiger partial charge on any atom is 0.268 e. The molecule has 4 nitrogen and oxygen atoms in total. The van der Waals surface area contributed by atoms with Crippen molar-refractivity contribution in [3.05, 3.63) is 75.4 Å². The third-order valence-electron chi connectivity index (χ3n) is 4.21. The van der Waals surface area contributed by atoms with Gasteiger partial charge >= 0.3 is 0 Å². The molecule has 1 N–H and O–H groups in total. The number of carbonyl (C=O) groups excluding carboxylic acids is 1. The minimum Gasteiger partial charge on any atom is -0.382 e. The van der Waals surface area contributed by atoms with Gasteiger partial charge in [0.05, 0.1) is 14.9 Å². The number of benzene rings is 2. The van der Waals surface area contributed by atoms with E-state index < -0.39 is 23.6 Å². The second-order valence-electron chi connectivity index (χ2n) is 6.11. The second kappa shape index (κ2) is 7.69. The molecule has 0 bridgehead atoms. The first-order valence-corrected chi connectivity index (χ1v) is 9.54. The van der Waals surface area contributed by atoms with Crippen molar-refractivity contribution >= 4 is 40.2 Å². The van der Waals surface area contributed by atoms with Gasteiger partial charge < -0.3 is 10.2 Å². The monoisotopic (exact) mass is 418 g/mol. The van der Waals surface area contributed by atoms with Gasteiger partial charge in [0.1, 0.15) is 17.3 Å². The molecule has 0 spiro atoms. The lowest BCUT2D eigenvalue weighted by molar-refractivity contribution is -0.125. The maximum absolute atomic E-state index is 14.5. The summed E-state index contributed by atoms with van der Waals surface area (Å²) in [4.78, 5) is 18.6. The van der Waals surface area contributed by atoms with E-state index in [9.17, 15) is 13.6 Å². The van der Waals surface area contributed by atoms with Crippen LogP contribution < -0.4 is 5.32 Å². The molecule has 8 heteroatoms. The van der Waals surface area contributed by atoms with E-state index in [0.717, 1.165) is 10.9 Å². The molecule has 0 radical (unpaired) electrons. The zero-order chi connectivity index (χ0) is 19.7. The van der Waals surface area contributed by atoms with E-state index >= 15 is 0 Å². The molecule has 3 aromatic rings. The fourth-order valence-electron chi connectivity index (χ4n) is 2.88. The lowest BCUT2D eigenvalue weighted by atomic mass is 10.0. The molecule has 28 heavy (non-hydrogen) atoms. The summed E-state index contributed by atoms with van der Waals surface area (Å²) in [5.74, 6) is -2.16. The van der Waals surface area contributed by atoms with E-state index in [1.165, 1.54) is 17.4 Å².